The minimum absolute atomic E-state index is 0.0879. The number of benzene rings is 1. The first kappa shape index (κ1) is 27.5. The highest BCUT2D eigenvalue weighted by atomic mass is 79.9. The quantitative estimate of drug-likeness (QED) is 0.268. The molecule has 0 aliphatic carbocycles. The molecule has 0 bridgehead atoms. The van der Waals surface area contributed by atoms with E-state index >= 15 is 0 Å². The maximum Gasteiger partial charge on any atom is 0.127 e. The molecule has 1 N–H and O–H groups in total. The summed E-state index contributed by atoms with van der Waals surface area (Å²) in [5, 5.41) is 11.2. The van der Waals surface area contributed by atoms with E-state index in [-0.39, 0.29) is 5.60 Å². The van der Waals surface area contributed by atoms with Gasteiger partial charge >= 0.3 is 0 Å². The molecule has 0 radical (unpaired) electrons. The van der Waals surface area contributed by atoms with Crippen molar-refractivity contribution in [3.8, 4) is 11.5 Å². The average Bonchev–Trinajstić information content (AvgIpc) is 2.73. The van der Waals surface area contributed by atoms with E-state index in [9.17, 15) is 5.11 Å². The van der Waals surface area contributed by atoms with Gasteiger partial charge in [0.1, 0.15) is 17.1 Å². The van der Waals surface area contributed by atoms with E-state index in [1.807, 2.05) is 6.92 Å². The topological polar surface area (TPSA) is 29.5 Å². The van der Waals surface area contributed by atoms with Crippen LogP contribution >= 0.6 is 15.9 Å². The van der Waals surface area contributed by atoms with Crippen molar-refractivity contribution in [1.82, 2.24) is 0 Å². The van der Waals surface area contributed by atoms with E-state index < -0.39 is 0 Å². The van der Waals surface area contributed by atoms with Crippen molar-refractivity contribution in [3.05, 3.63) is 22.3 Å². The third-order valence-electron chi connectivity index (χ3n) is 7.84. The molecule has 2 rings (SSSR count). The fourth-order valence-corrected chi connectivity index (χ4v) is 5.90. The van der Waals surface area contributed by atoms with Crippen LogP contribution in [-0.2, 0) is 11.8 Å². The summed E-state index contributed by atoms with van der Waals surface area (Å²) >= 11 is 3.56. The standard InChI is InChI=1S/C29H49BrO2/c1-20(2)11-8-12-21(3)13-9-14-22(4)15-10-17-29(7)18-16-25-26(19-30)27(31)23(5)24(6)28(25)32-29/h20-22,31H,8-19H2,1-7H3/t21?,22?,29-/m1/s1. The van der Waals surface area contributed by atoms with Crippen molar-refractivity contribution >= 4 is 15.9 Å². The molecule has 1 aromatic carbocycles. The van der Waals surface area contributed by atoms with Crippen LogP contribution in [0, 0.1) is 31.6 Å². The van der Waals surface area contributed by atoms with Gasteiger partial charge in [0.05, 0.1) is 0 Å². The second-order valence-electron chi connectivity index (χ2n) is 11.4. The fourth-order valence-electron chi connectivity index (χ4n) is 5.29. The molecule has 0 fully saturated rings. The van der Waals surface area contributed by atoms with Crippen LogP contribution in [0.5, 0.6) is 11.5 Å². The SMILES string of the molecule is Cc1c(C)c2c(c(CBr)c1O)CC[C@@](C)(CCCC(C)CCCC(C)CCCC(C)C)O2. The monoisotopic (exact) mass is 508 g/mol. The van der Waals surface area contributed by atoms with Gasteiger partial charge in [0.2, 0.25) is 0 Å². The molecule has 0 saturated carbocycles. The molecule has 1 aromatic rings. The van der Waals surface area contributed by atoms with Crippen LogP contribution in [0.25, 0.3) is 0 Å². The number of alkyl halides is 1. The lowest BCUT2D eigenvalue weighted by atomic mass is 9.83. The number of aromatic hydroxyl groups is 1. The number of phenolic OH excluding ortho intramolecular Hbond substituents is 1. The Bertz CT molecular complexity index is 727. The lowest BCUT2D eigenvalue weighted by Gasteiger charge is -2.38. The predicted molar refractivity (Wildman–Crippen MR) is 142 cm³/mol. The van der Waals surface area contributed by atoms with Gasteiger partial charge in [-0.3, -0.25) is 0 Å². The summed E-state index contributed by atoms with van der Waals surface area (Å²) in [6, 6.07) is 0. The van der Waals surface area contributed by atoms with Crippen LogP contribution in [-0.4, -0.2) is 10.7 Å². The van der Waals surface area contributed by atoms with Crippen molar-refractivity contribution in [2.24, 2.45) is 17.8 Å². The molecule has 3 atom stereocenters. The minimum atomic E-state index is -0.0879. The van der Waals surface area contributed by atoms with Crippen LogP contribution in [0.2, 0.25) is 0 Å². The molecule has 184 valence electrons. The third kappa shape index (κ3) is 7.67. The maximum absolute atomic E-state index is 10.6. The highest BCUT2D eigenvalue weighted by molar-refractivity contribution is 9.08. The summed E-state index contributed by atoms with van der Waals surface area (Å²) in [6.45, 7) is 15.9. The molecule has 1 aliphatic rings. The Morgan fingerprint density at radius 3 is 2.03 bits per heavy atom. The third-order valence-corrected chi connectivity index (χ3v) is 8.40. The van der Waals surface area contributed by atoms with E-state index in [0.29, 0.717) is 11.1 Å². The Labute approximate surface area is 207 Å². The molecule has 32 heavy (non-hydrogen) atoms. The lowest BCUT2D eigenvalue weighted by molar-refractivity contribution is 0.0511. The molecule has 3 heteroatoms. The zero-order chi connectivity index (χ0) is 23.9. The highest BCUT2D eigenvalue weighted by Crippen LogP contribution is 2.45. The first-order valence-corrected chi connectivity index (χ1v) is 14.3. The highest BCUT2D eigenvalue weighted by Gasteiger charge is 2.34. The van der Waals surface area contributed by atoms with Gasteiger partial charge in [-0.25, -0.2) is 0 Å². The Balaban J connectivity index is 1.77. The van der Waals surface area contributed by atoms with Gasteiger partial charge in [0.25, 0.3) is 0 Å². The molecule has 1 heterocycles. The number of phenols is 1. The summed E-state index contributed by atoms with van der Waals surface area (Å²) < 4.78 is 6.65. The maximum atomic E-state index is 10.6. The van der Waals surface area contributed by atoms with Crippen molar-refractivity contribution in [3.63, 3.8) is 0 Å². The van der Waals surface area contributed by atoms with Gasteiger partial charge in [-0.05, 0) is 75.3 Å². The van der Waals surface area contributed by atoms with Gasteiger partial charge in [0, 0.05) is 16.5 Å². The largest absolute Gasteiger partial charge is 0.507 e. The van der Waals surface area contributed by atoms with Crippen LogP contribution in [0.4, 0.5) is 0 Å². The Kier molecular flexibility index (Phi) is 10.9. The molecular formula is C29H49BrO2. The van der Waals surface area contributed by atoms with Gasteiger partial charge < -0.3 is 9.84 Å². The van der Waals surface area contributed by atoms with Gasteiger partial charge in [-0.15, -0.1) is 0 Å². The van der Waals surface area contributed by atoms with E-state index in [1.165, 1.54) is 56.9 Å². The normalized spacial score (nSPS) is 20.2. The van der Waals surface area contributed by atoms with Gasteiger partial charge in [-0.2, -0.15) is 0 Å². The number of halogens is 1. The van der Waals surface area contributed by atoms with E-state index in [4.69, 9.17) is 4.74 Å². The number of hydrogen-bond donors (Lipinski definition) is 1. The number of ether oxygens (including phenoxy) is 1. The molecule has 2 nitrogen and oxygen atoms in total. The average molecular weight is 510 g/mol. The molecule has 0 spiro atoms. The fraction of sp³-hybridized carbons (Fsp3) is 0.793. The molecule has 0 aromatic heterocycles. The second kappa shape index (κ2) is 12.7. The Hall–Kier alpha value is -0.700. The number of rotatable bonds is 13. The number of fused-ring (bicyclic) bond motifs is 1. The van der Waals surface area contributed by atoms with E-state index in [0.717, 1.165) is 59.5 Å². The van der Waals surface area contributed by atoms with Crippen LogP contribution in [0.3, 0.4) is 0 Å². The van der Waals surface area contributed by atoms with Crippen molar-refractivity contribution in [2.45, 2.75) is 130 Å². The molecular weight excluding hydrogens is 460 g/mol. The molecule has 2 unspecified atom stereocenters. The van der Waals surface area contributed by atoms with Crippen molar-refractivity contribution in [2.75, 3.05) is 0 Å². The zero-order valence-electron chi connectivity index (χ0n) is 22.0. The van der Waals surface area contributed by atoms with E-state index in [2.05, 4.69) is 57.5 Å². The molecule has 1 aliphatic heterocycles. The Morgan fingerprint density at radius 1 is 0.906 bits per heavy atom. The minimum Gasteiger partial charge on any atom is -0.507 e. The van der Waals surface area contributed by atoms with Gasteiger partial charge in [0.15, 0.2) is 0 Å². The van der Waals surface area contributed by atoms with Crippen LogP contribution in [0.1, 0.15) is 121 Å². The lowest BCUT2D eigenvalue weighted by Crippen LogP contribution is -2.37. The van der Waals surface area contributed by atoms with E-state index in [1.54, 1.807) is 0 Å². The first-order chi connectivity index (χ1) is 15.1. The Morgan fingerprint density at radius 2 is 1.47 bits per heavy atom. The number of hydrogen-bond acceptors (Lipinski definition) is 2. The molecule has 0 saturated heterocycles. The van der Waals surface area contributed by atoms with Gasteiger partial charge in [-0.1, -0.05) is 88.6 Å². The van der Waals surface area contributed by atoms with Crippen LogP contribution in [0.15, 0.2) is 0 Å². The smallest absolute Gasteiger partial charge is 0.127 e. The van der Waals surface area contributed by atoms with Crippen LogP contribution < -0.4 is 4.74 Å². The molecule has 0 amide bonds. The summed E-state index contributed by atoms with van der Waals surface area (Å²) in [5.41, 5.74) is 4.18. The predicted octanol–water partition coefficient (Wildman–Crippen LogP) is 9.43. The van der Waals surface area contributed by atoms with Crippen molar-refractivity contribution < 1.29 is 9.84 Å². The zero-order valence-corrected chi connectivity index (χ0v) is 23.5. The second-order valence-corrected chi connectivity index (χ2v) is 12.0. The summed E-state index contributed by atoms with van der Waals surface area (Å²) in [5.74, 6) is 4.00. The van der Waals surface area contributed by atoms with Crippen molar-refractivity contribution in [1.29, 1.82) is 0 Å². The first-order valence-electron chi connectivity index (χ1n) is 13.2. The summed E-state index contributed by atoms with van der Waals surface area (Å²) in [6.07, 6.45) is 14.0. The summed E-state index contributed by atoms with van der Waals surface area (Å²) in [4.78, 5) is 0. The summed E-state index contributed by atoms with van der Waals surface area (Å²) in [7, 11) is 0.